The van der Waals surface area contributed by atoms with Gasteiger partial charge in [0.15, 0.2) is 11.6 Å². The molecule has 0 radical (unpaired) electrons. The van der Waals surface area contributed by atoms with Crippen molar-refractivity contribution in [2.24, 2.45) is 0 Å². The van der Waals surface area contributed by atoms with Crippen LogP contribution < -0.4 is 9.64 Å². The lowest BCUT2D eigenvalue weighted by molar-refractivity contribution is -0.199. The molecule has 2 aromatic heterocycles. The molecule has 4 aromatic rings. The monoisotopic (exact) mass is 674 g/mol. The van der Waals surface area contributed by atoms with Crippen LogP contribution in [0.4, 0.5) is 10.2 Å². The number of ketones is 1. The number of nitrogens with zero attached hydrogens (tertiary/aromatic N) is 6. The Labute approximate surface area is 281 Å². The van der Waals surface area contributed by atoms with Gasteiger partial charge in [0, 0.05) is 54.3 Å². The van der Waals surface area contributed by atoms with Crippen LogP contribution in [0.15, 0.2) is 42.6 Å². The van der Waals surface area contributed by atoms with Gasteiger partial charge in [-0.05, 0) is 63.1 Å². The Balaban J connectivity index is 1.21. The number of benzene rings is 2. The number of aliphatic hydroxyl groups is 2. The molecule has 2 bridgehead atoms. The Morgan fingerprint density at radius 2 is 1.75 bits per heavy atom. The summed E-state index contributed by atoms with van der Waals surface area (Å²) in [6.07, 6.45) is 7.02. The quantitative estimate of drug-likeness (QED) is 0.218. The molecule has 2 atom stereocenters. The molecule has 2 N–H and O–H groups in total. The molecule has 0 spiro atoms. The molecule has 4 aliphatic heterocycles. The van der Waals surface area contributed by atoms with Crippen LogP contribution in [0.3, 0.4) is 0 Å². The van der Waals surface area contributed by atoms with Gasteiger partial charge < -0.3 is 24.7 Å². The highest BCUT2D eigenvalue weighted by Crippen LogP contribution is 2.41. The van der Waals surface area contributed by atoms with Crippen molar-refractivity contribution in [3.8, 4) is 17.3 Å². The summed E-state index contributed by atoms with van der Waals surface area (Å²) < 4.78 is 23.2. The Bertz CT molecular complexity index is 1950. The van der Waals surface area contributed by atoms with Gasteiger partial charge in [0.25, 0.3) is 5.91 Å². The molecule has 2 aromatic carbocycles. The zero-order valence-electron chi connectivity index (χ0n) is 26.5. The Kier molecular flexibility index (Phi) is 7.55. The maximum absolute atomic E-state index is 16.8. The van der Waals surface area contributed by atoms with Crippen LogP contribution in [-0.2, 0) is 9.59 Å². The van der Waals surface area contributed by atoms with E-state index >= 15 is 4.39 Å². The fourth-order valence-corrected chi connectivity index (χ4v) is 8.69. The summed E-state index contributed by atoms with van der Waals surface area (Å²) >= 11 is 6.61. The number of piperazine rings is 1. The first-order valence-corrected chi connectivity index (χ1v) is 16.9. The van der Waals surface area contributed by atoms with E-state index in [4.69, 9.17) is 21.3 Å². The van der Waals surface area contributed by atoms with E-state index in [1.54, 1.807) is 18.3 Å². The van der Waals surface area contributed by atoms with Crippen LogP contribution in [-0.4, -0.2) is 103 Å². The molecule has 6 heterocycles. The largest absolute Gasteiger partial charge is 0.461 e. The predicted octanol–water partition coefficient (Wildman–Crippen LogP) is 4.09. The number of fused-ring (bicyclic) bond motifs is 5. The van der Waals surface area contributed by atoms with Crippen LogP contribution in [0.25, 0.3) is 32.9 Å². The normalized spacial score (nSPS) is 22.1. The molecule has 1 amide bonds. The minimum Gasteiger partial charge on any atom is -0.461 e. The summed E-state index contributed by atoms with van der Waals surface area (Å²) in [6.45, 7) is 3.99. The average molecular weight is 675 g/mol. The Morgan fingerprint density at radius 3 is 2.44 bits per heavy atom. The highest BCUT2D eigenvalue weighted by Gasteiger charge is 2.51. The number of Topliss-reactive ketones (excluding diaryl/α,β-unsaturated/α-hetero) is 1. The van der Waals surface area contributed by atoms with Gasteiger partial charge >= 0.3 is 11.8 Å². The second-order valence-electron chi connectivity index (χ2n) is 13.6. The second-order valence-corrected chi connectivity index (χ2v) is 14.0. The number of aromatic nitrogens is 3. The minimum absolute atomic E-state index is 0.0587. The zero-order valence-corrected chi connectivity index (χ0v) is 27.3. The third-order valence-corrected chi connectivity index (χ3v) is 11.2. The third-order valence-electron chi connectivity index (χ3n) is 10.8. The molecular weight excluding hydrogens is 639 g/mol. The van der Waals surface area contributed by atoms with Gasteiger partial charge in [-0.3, -0.25) is 19.5 Å². The van der Waals surface area contributed by atoms with E-state index in [0.717, 1.165) is 51.1 Å². The lowest BCUT2D eigenvalue weighted by Gasteiger charge is -2.43. The Hall–Kier alpha value is -3.97. The molecule has 8 rings (SSSR count). The molecule has 250 valence electrons. The average Bonchev–Trinajstić information content (AvgIpc) is 3.73. The van der Waals surface area contributed by atoms with Gasteiger partial charge in [-0.1, -0.05) is 41.9 Å². The molecule has 0 saturated carbocycles. The molecule has 13 heteroatoms. The number of amides is 1. The number of hydrogen-bond donors (Lipinski definition) is 2. The minimum atomic E-state index is -3.09. The van der Waals surface area contributed by atoms with Crippen molar-refractivity contribution in [1.82, 2.24) is 24.8 Å². The predicted molar refractivity (Wildman–Crippen MR) is 177 cm³/mol. The number of hydrogen-bond acceptors (Lipinski definition) is 10. The zero-order chi connectivity index (χ0) is 33.4. The van der Waals surface area contributed by atoms with E-state index < -0.39 is 35.4 Å². The topological polar surface area (TPSA) is 132 Å². The van der Waals surface area contributed by atoms with Crippen molar-refractivity contribution in [3.63, 3.8) is 0 Å². The van der Waals surface area contributed by atoms with Gasteiger partial charge in [-0.2, -0.15) is 9.97 Å². The summed E-state index contributed by atoms with van der Waals surface area (Å²) in [7, 11) is 0. The first kappa shape index (κ1) is 31.3. The van der Waals surface area contributed by atoms with Crippen molar-refractivity contribution >= 4 is 50.8 Å². The molecular formula is C35H36ClFN6O5. The van der Waals surface area contributed by atoms with E-state index in [1.807, 2.05) is 29.2 Å². The van der Waals surface area contributed by atoms with Crippen LogP contribution in [0.2, 0.25) is 5.02 Å². The first-order chi connectivity index (χ1) is 23.1. The third kappa shape index (κ3) is 4.91. The number of halogens is 2. The number of carbonyl (C=O) groups excluding carboxylic acids is 2. The number of rotatable bonds is 7. The molecule has 4 saturated heterocycles. The fraction of sp³-hybridized carbons (Fsp3) is 0.457. The van der Waals surface area contributed by atoms with Crippen molar-refractivity contribution < 1.29 is 28.9 Å². The Morgan fingerprint density at radius 1 is 1.06 bits per heavy atom. The molecule has 11 nitrogen and oxygen atoms in total. The van der Waals surface area contributed by atoms with Crippen LogP contribution in [0, 0.1) is 5.82 Å². The lowest BCUT2D eigenvalue weighted by Crippen LogP contribution is -2.63. The lowest BCUT2D eigenvalue weighted by atomic mass is 9.95. The van der Waals surface area contributed by atoms with Crippen molar-refractivity contribution in [2.75, 3.05) is 37.7 Å². The van der Waals surface area contributed by atoms with Gasteiger partial charge in [0.05, 0.1) is 10.9 Å². The maximum Gasteiger partial charge on any atom is 0.319 e. The van der Waals surface area contributed by atoms with Crippen LogP contribution in [0.5, 0.6) is 6.01 Å². The number of carbonyl (C=O) groups is 2. The van der Waals surface area contributed by atoms with Gasteiger partial charge in [-0.15, -0.1) is 0 Å². The highest BCUT2D eigenvalue weighted by atomic mass is 35.5. The number of anilines is 1. The number of ether oxygens (including phenoxy) is 1. The van der Waals surface area contributed by atoms with E-state index in [1.165, 1.54) is 4.90 Å². The van der Waals surface area contributed by atoms with E-state index in [2.05, 4.69) is 14.9 Å². The molecule has 4 fully saturated rings. The smallest absolute Gasteiger partial charge is 0.319 e. The summed E-state index contributed by atoms with van der Waals surface area (Å²) in [5, 5.41) is 23.0. The first-order valence-electron chi connectivity index (χ1n) is 16.5. The van der Waals surface area contributed by atoms with Crippen LogP contribution in [0.1, 0.15) is 45.4 Å². The summed E-state index contributed by atoms with van der Waals surface area (Å²) in [4.78, 5) is 44.9. The summed E-state index contributed by atoms with van der Waals surface area (Å²) in [6, 6.07) is 10.3. The van der Waals surface area contributed by atoms with E-state index in [-0.39, 0.29) is 35.8 Å². The number of pyridine rings is 1. The second kappa shape index (κ2) is 11.6. The maximum atomic E-state index is 16.8. The SMILES string of the molecule is CC(=O)C(O)(O)C(=O)N1C2CC[C@H]1CN(c1nc(OCC34CCCN3CCC4)nc3c(F)c(-c4cccc5cccc(Cl)c45)ncc13)C2. The molecule has 1 unspecified atom stereocenters. The molecule has 4 aliphatic rings. The van der Waals surface area contributed by atoms with Gasteiger partial charge in [0.2, 0.25) is 0 Å². The van der Waals surface area contributed by atoms with Crippen molar-refractivity contribution in [1.29, 1.82) is 0 Å². The molecule has 0 aliphatic carbocycles. The summed E-state index contributed by atoms with van der Waals surface area (Å²) in [5.74, 6) is -5.36. The fourth-order valence-electron chi connectivity index (χ4n) is 8.41. The van der Waals surface area contributed by atoms with Crippen molar-refractivity contribution in [3.05, 3.63) is 53.4 Å². The van der Waals surface area contributed by atoms with Gasteiger partial charge in [0.1, 0.15) is 23.6 Å². The summed E-state index contributed by atoms with van der Waals surface area (Å²) in [5.41, 5.74) is 0.625. The van der Waals surface area contributed by atoms with E-state index in [0.29, 0.717) is 46.6 Å². The molecule has 48 heavy (non-hydrogen) atoms. The highest BCUT2D eigenvalue weighted by molar-refractivity contribution is 6.36. The van der Waals surface area contributed by atoms with E-state index in [9.17, 15) is 19.8 Å². The van der Waals surface area contributed by atoms with Crippen LogP contribution >= 0.6 is 11.6 Å². The van der Waals surface area contributed by atoms with Gasteiger partial charge in [-0.25, -0.2) is 4.39 Å². The van der Waals surface area contributed by atoms with Crippen molar-refractivity contribution in [2.45, 2.75) is 68.9 Å². The standard InChI is InChI=1S/C35H36ClFN6O5/c1-20(44)35(46,47)32(45)43-22-10-11-23(43)18-41(17-22)31-25-16-38-29(24-8-2-6-21-7-3-9-26(36)27(21)24)28(37)30(25)39-33(40-31)48-19-34-12-4-14-42(34)15-5-13-34/h2-3,6-9,16,22-23,46-47H,4-5,10-15,17-19H2,1H3/t22-,23?/m0/s1.